The van der Waals surface area contributed by atoms with Crippen LogP contribution in [0.3, 0.4) is 0 Å². The van der Waals surface area contributed by atoms with Crippen molar-refractivity contribution in [3.63, 3.8) is 0 Å². The van der Waals surface area contributed by atoms with Gasteiger partial charge in [0.1, 0.15) is 0 Å². The average Bonchev–Trinajstić information content (AvgIpc) is 2.05. The lowest BCUT2D eigenvalue weighted by Crippen LogP contribution is -2.27. The molecule has 0 aromatic rings. The first-order valence-corrected chi connectivity index (χ1v) is 5.08. The minimum atomic E-state index is 0. The normalized spacial score (nSPS) is 11.6. The summed E-state index contributed by atoms with van der Waals surface area (Å²) in [6.45, 7) is 12.4. The van der Waals surface area contributed by atoms with Crippen LogP contribution in [0.25, 0.3) is 0 Å². The van der Waals surface area contributed by atoms with Gasteiger partial charge < -0.3 is 0 Å². The van der Waals surface area contributed by atoms with Crippen molar-refractivity contribution in [1.29, 1.82) is 0 Å². The molecule has 0 aliphatic carbocycles. The number of hydrogen-bond acceptors (Lipinski definition) is 1. The van der Waals surface area contributed by atoms with Gasteiger partial charge in [-0.15, -0.1) is 12.4 Å². The van der Waals surface area contributed by atoms with E-state index in [0.29, 0.717) is 0 Å². The molecular formula is C11H24ClN. The van der Waals surface area contributed by atoms with E-state index in [2.05, 4.69) is 38.7 Å². The summed E-state index contributed by atoms with van der Waals surface area (Å²) < 4.78 is 0. The van der Waals surface area contributed by atoms with Crippen molar-refractivity contribution in [3.8, 4) is 0 Å². The standard InChI is InChI=1S/C11H23N.ClH/c1-5-8-12(9-6-2)10-11(4)7-3;/h7H,5-6,8-10H2,1-4H3;1H/b11-7+;. The van der Waals surface area contributed by atoms with Crippen LogP contribution in [0.2, 0.25) is 0 Å². The monoisotopic (exact) mass is 205 g/mol. The number of nitrogens with zero attached hydrogens (tertiary/aromatic N) is 1. The lowest BCUT2D eigenvalue weighted by Gasteiger charge is -2.20. The zero-order valence-electron chi connectivity index (χ0n) is 9.47. The van der Waals surface area contributed by atoms with Crippen LogP contribution in [0.5, 0.6) is 0 Å². The van der Waals surface area contributed by atoms with Crippen molar-refractivity contribution in [2.75, 3.05) is 19.6 Å². The van der Waals surface area contributed by atoms with Crippen molar-refractivity contribution in [1.82, 2.24) is 4.90 Å². The number of allylic oxidation sites excluding steroid dienone is 1. The second-order valence-corrected chi connectivity index (χ2v) is 3.41. The van der Waals surface area contributed by atoms with E-state index in [-0.39, 0.29) is 12.4 Å². The Labute approximate surface area is 89.6 Å². The maximum atomic E-state index is 2.52. The van der Waals surface area contributed by atoms with Crippen LogP contribution >= 0.6 is 12.4 Å². The Balaban J connectivity index is 0. The molecule has 0 fully saturated rings. The van der Waals surface area contributed by atoms with Crippen LogP contribution in [0.4, 0.5) is 0 Å². The van der Waals surface area contributed by atoms with Gasteiger partial charge in [-0.2, -0.15) is 0 Å². The highest BCUT2D eigenvalue weighted by Crippen LogP contribution is 2.00. The molecule has 0 aromatic carbocycles. The van der Waals surface area contributed by atoms with E-state index in [1.807, 2.05) is 0 Å². The molecule has 0 bridgehead atoms. The van der Waals surface area contributed by atoms with Crippen molar-refractivity contribution < 1.29 is 0 Å². The molecule has 0 amide bonds. The van der Waals surface area contributed by atoms with Gasteiger partial charge in [-0.3, -0.25) is 4.90 Å². The zero-order valence-corrected chi connectivity index (χ0v) is 10.3. The van der Waals surface area contributed by atoms with Crippen molar-refractivity contribution in [2.45, 2.75) is 40.5 Å². The van der Waals surface area contributed by atoms with Gasteiger partial charge >= 0.3 is 0 Å². The number of rotatable bonds is 6. The third-order valence-electron chi connectivity index (χ3n) is 2.05. The first-order valence-electron chi connectivity index (χ1n) is 5.08. The SMILES string of the molecule is C/C=C(\C)CN(CCC)CCC.Cl. The summed E-state index contributed by atoms with van der Waals surface area (Å²) in [5.41, 5.74) is 1.48. The molecule has 0 atom stereocenters. The molecule has 0 rings (SSSR count). The summed E-state index contributed by atoms with van der Waals surface area (Å²) in [6.07, 6.45) is 4.73. The lowest BCUT2D eigenvalue weighted by molar-refractivity contribution is 0.297. The molecular weight excluding hydrogens is 182 g/mol. The maximum Gasteiger partial charge on any atom is 0.0189 e. The Morgan fingerprint density at radius 1 is 1.15 bits per heavy atom. The molecule has 0 saturated heterocycles. The largest absolute Gasteiger partial charge is 0.299 e. The second-order valence-electron chi connectivity index (χ2n) is 3.41. The Hall–Kier alpha value is -0.0100. The molecule has 0 spiro atoms. The minimum absolute atomic E-state index is 0. The summed E-state index contributed by atoms with van der Waals surface area (Å²) in [4.78, 5) is 2.52. The predicted molar refractivity (Wildman–Crippen MR) is 63.7 cm³/mol. The Bertz CT molecular complexity index is 126. The molecule has 0 unspecified atom stereocenters. The smallest absolute Gasteiger partial charge is 0.0189 e. The molecule has 0 N–H and O–H groups in total. The molecule has 0 radical (unpaired) electrons. The molecule has 0 saturated carbocycles. The summed E-state index contributed by atoms with van der Waals surface area (Å²) >= 11 is 0. The van der Waals surface area contributed by atoms with Crippen LogP contribution in [-0.4, -0.2) is 24.5 Å². The molecule has 0 aliphatic rings. The quantitative estimate of drug-likeness (QED) is 0.600. The van der Waals surface area contributed by atoms with Crippen molar-refractivity contribution in [3.05, 3.63) is 11.6 Å². The predicted octanol–water partition coefficient (Wildman–Crippen LogP) is 3.50. The molecule has 2 heteroatoms. The van der Waals surface area contributed by atoms with E-state index in [0.717, 1.165) is 6.54 Å². The van der Waals surface area contributed by atoms with E-state index in [1.165, 1.54) is 31.5 Å². The summed E-state index contributed by atoms with van der Waals surface area (Å²) in [6, 6.07) is 0. The zero-order chi connectivity index (χ0) is 9.40. The van der Waals surface area contributed by atoms with Gasteiger partial charge in [-0.05, 0) is 39.8 Å². The topological polar surface area (TPSA) is 3.24 Å². The molecule has 0 aromatic heterocycles. The third kappa shape index (κ3) is 8.32. The molecule has 13 heavy (non-hydrogen) atoms. The fourth-order valence-electron chi connectivity index (χ4n) is 1.35. The van der Waals surface area contributed by atoms with Crippen LogP contribution in [-0.2, 0) is 0 Å². The van der Waals surface area contributed by atoms with Gasteiger partial charge in [0, 0.05) is 6.54 Å². The first-order chi connectivity index (χ1) is 5.74. The van der Waals surface area contributed by atoms with Crippen molar-refractivity contribution >= 4 is 12.4 Å². The Kier molecular flexibility index (Phi) is 12.0. The van der Waals surface area contributed by atoms with Crippen LogP contribution < -0.4 is 0 Å². The molecule has 0 aliphatic heterocycles. The number of hydrogen-bond donors (Lipinski definition) is 0. The van der Waals surface area contributed by atoms with E-state index in [4.69, 9.17) is 0 Å². The van der Waals surface area contributed by atoms with E-state index >= 15 is 0 Å². The van der Waals surface area contributed by atoms with Crippen LogP contribution in [0.1, 0.15) is 40.5 Å². The average molecular weight is 206 g/mol. The van der Waals surface area contributed by atoms with Gasteiger partial charge in [-0.25, -0.2) is 0 Å². The van der Waals surface area contributed by atoms with Crippen LogP contribution in [0.15, 0.2) is 11.6 Å². The summed E-state index contributed by atoms with van der Waals surface area (Å²) in [5, 5.41) is 0. The first kappa shape index (κ1) is 15.5. The van der Waals surface area contributed by atoms with E-state index in [9.17, 15) is 0 Å². The maximum absolute atomic E-state index is 2.52. The lowest BCUT2D eigenvalue weighted by atomic mass is 10.2. The highest BCUT2D eigenvalue weighted by molar-refractivity contribution is 5.85. The highest BCUT2D eigenvalue weighted by Gasteiger charge is 2.01. The Morgan fingerprint density at radius 3 is 1.92 bits per heavy atom. The third-order valence-corrected chi connectivity index (χ3v) is 2.05. The van der Waals surface area contributed by atoms with Gasteiger partial charge in [0.05, 0.1) is 0 Å². The Morgan fingerprint density at radius 2 is 1.62 bits per heavy atom. The van der Waals surface area contributed by atoms with Crippen molar-refractivity contribution in [2.24, 2.45) is 0 Å². The molecule has 1 nitrogen and oxygen atoms in total. The number of halogens is 1. The summed E-state index contributed by atoms with van der Waals surface area (Å²) in [7, 11) is 0. The molecule has 80 valence electrons. The van der Waals surface area contributed by atoms with Gasteiger partial charge in [-0.1, -0.05) is 25.5 Å². The van der Waals surface area contributed by atoms with Gasteiger partial charge in [0.25, 0.3) is 0 Å². The highest BCUT2D eigenvalue weighted by atomic mass is 35.5. The van der Waals surface area contributed by atoms with Gasteiger partial charge in [0.15, 0.2) is 0 Å². The van der Waals surface area contributed by atoms with E-state index < -0.39 is 0 Å². The van der Waals surface area contributed by atoms with Crippen LogP contribution in [0, 0.1) is 0 Å². The fourth-order valence-corrected chi connectivity index (χ4v) is 1.35. The van der Waals surface area contributed by atoms with E-state index in [1.54, 1.807) is 0 Å². The molecule has 0 heterocycles. The van der Waals surface area contributed by atoms with Gasteiger partial charge in [0.2, 0.25) is 0 Å². The minimum Gasteiger partial charge on any atom is -0.299 e. The summed E-state index contributed by atoms with van der Waals surface area (Å²) in [5.74, 6) is 0. The fraction of sp³-hybridized carbons (Fsp3) is 0.818. The second kappa shape index (κ2) is 10.1.